The second kappa shape index (κ2) is 9.94. The second-order valence-corrected chi connectivity index (χ2v) is 11.1. The van der Waals surface area contributed by atoms with Gasteiger partial charge in [-0.05, 0) is 43.7 Å². The van der Waals surface area contributed by atoms with Crippen molar-refractivity contribution in [3.05, 3.63) is 28.3 Å². The van der Waals surface area contributed by atoms with Crippen LogP contribution in [0.15, 0.2) is 23.1 Å². The number of morpholine rings is 1. The normalized spacial score (nSPS) is 21.8. The number of hydrogen-bond acceptors (Lipinski definition) is 7. The molecule has 0 radical (unpaired) electrons. The first-order chi connectivity index (χ1) is 15.8. The zero-order valence-electron chi connectivity index (χ0n) is 19.0. The summed E-state index contributed by atoms with van der Waals surface area (Å²) in [5.74, 6) is 0.796. The Bertz CT molecular complexity index is 979. The number of benzene rings is 1. The van der Waals surface area contributed by atoms with Crippen molar-refractivity contribution in [2.45, 2.75) is 37.5 Å². The van der Waals surface area contributed by atoms with Crippen molar-refractivity contribution < 1.29 is 22.9 Å². The van der Waals surface area contributed by atoms with E-state index >= 15 is 0 Å². The number of rotatable bonds is 5. The molecule has 3 fully saturated rings. The highest BCUT2D eigenvalue weighted by atomic mass is 32.2. The van der Waals surface area contributed by atoms with E-state index in [0.29, 0.717) is 50.8 Å². The maximum atomic E-state index is 12.9. The number of nitro benzene ring substituents is 1. The van der Waals surface area contributed by atoms with Crippen LogP contribution >= 0.6 is 0 Å². The van der Waals surface area contributed by atoms with Crippen LogP contribution in [-0.2, 0) is 19.6 Å². The largest absolute Gasteiger partial charge is 0.379 e. The van der Waals surface area contributed by atoms with Crippen LogP contribution in [0.2, 0.25) is 0 Å². The minimum Gasteiger partial charge on any atom is -0.379 e. The topological polar surface area (TPSA) is 113 Å². The molecular formula is C22H32N4O6S. The number of carbonyl (C=O) groups is 1. The molecule has 1 aromatic carbocycles. The van der Waals surface area contributed by atoms with Crippen molar-refractivity contribution in [1.29, 1.82) is 0 Å². The van der Waals surface area contributed by atoms with E-state index in [1.165, 1.54) is 16.4 Å². The summed E-state index contributed by atoms with van der Waals surface area (Å²) in [5.41, 5.74) is 0.178. The van der Waals surface area contributed by atoms with E-state index in [1.807, 2.05) is 9.80 Å². The average molecular weight is 481 g/mol. The number of anilines is 1. The fourth-order valence-electron chi connectivity index (χ4n) is 4.87. The predicted molar refractivity (Wildman–Crippen MR) is 123 cm³/mol. The van der Waals surface area contributed by atoms with E-state index in [4.69, 9.17) is 4.74 Å². The van der Waals surface area contributed by atoms with Crippen LogP contribution in [0.1, 0.15) is 32.6 Å². The Morgan fingerprint density at radius 2 is 1.67 bits per heavy atom. The number of piperidine rings is 2. The van der Waals surface area contributed by atoms with E-state index in [0.717, 1.165) is 32.0 Å². The molecule has 0 N–H and O–H groups in total. The summed E-state index contributed by atoms with van der Waals surface area (Å²) >= 11 is 0. The van der Waals surface area contributed by atoms with Gasteiger partial charge in [0.1, 0.15) is 5.69 Å². The number of sulfonamides is 1. The Balaban J connectivity index is 1.46. The van der Waals surface area contributed by atoms with E-state index < -0.39 is 14.9 Å². The number of amides is 1. The summed E-state index contributed by atoms with van der Waals surface area (Å²) in [6, 6.07) is 4.13. The van der Waals surface area contributed by atoms with Crippen LogP contribution in [0.25, 0.3) is 0 Å². The van der Waals surface area contributed by atoms with Gasteiger partial charge >= 0.3 is 0 Å². The molecule has 0 atom stereocenters. The standard InChI is InChI=1S/C22H32N4O6S/c1-17-4-8-24(9-5-17)22(27)18-6-10-23(11-7-18)20-3-2-19(16-21(20)26(28)29)33(30,31)25-12-14-32-15-13-25/h2-3,16-18H,4-15H2,1H3. The second-order valence-electron chi connectivity index (χ2n) is 9.19. The van der Waals surface area contributed by atoms with E-state index in [-0.39, 0.29) is 35.5 Å². The molecule has 0 aromatic heterocycles. The summed E-state index contributed by atoms with van der Waals surface area (Å²) in [6.07, 6.45) is 3.35. The Morgan fingerprint density at radius 3 is 2.27 bits per heavy atom. The van der Waals surface area contributed by atoms with Crippen LogP contribution in [0, 0.1) is 22.0 Å². The Kier molecular flexibility index (Phi) is 7.20. The molecule has 3 aliphatic rings. The highest BCUT2D eigenvalue weighted by molar-refractivity contribution is 7.89. The number of nitrogens with zero attached hydrogens (tertiary/aromatic N) is 4. The van der Waals surface area contributed by atoms with Crippen LogP contribution in [-0.4, -0.2) is 80.9 Å². The molecule has 1 amide bonds. The van der Waals surface area contributed by atoms with Crippen molar-refractivity contribution in [1.82, 2.24) is 9.21 Å². The van der Waals surface area contributed by atoms with E-state index in [9.17, 15) is 23.3 Å². The lowest BCUT2D eigenvalue weighted by atomic mass is 9.92. The number of ether oxygens (including phenoxy) is 1. The van der Waals surface area contributed by atoms with Gasteiger partial charge in [0.05, 0.1) is 23.0 Å². The maximum Gasteiger partial charge on any atom is 0.293 e. The Labute approximate surface area is 194 Å². The SMILES string of the molecule is CC1CCN(C(=O)C2CCN(c3ccc(S(=O)(=O)N4CCOCC4)cc3[N+](=O)[O-])CC2)CC1. The Morgan fingerprint density at radius 1 is 1.03 bits per heavy atom. The summed E-state index contributed by atoms with van der Waals surface area (Å²) in [6.45, 7) is 5.96. The summed E-state index contributed by atoms with van der Waals surface area (Å²) in [5, 5.41) is 11.8. The first kappa shape index (κ1) is 23.9. The zero-order chi connectivity index (χ0) is 23.6. The Hall–Kier alpha value is -2.24. The zero-order valence-corrected chi connectivity index (χ0v) is 19.8. The highest BCUT2D eigenvalue weighted by Gasteiger charge is 2.33. The molecule has 0 unspecified atom stereocenters. The molecule has 0 spiro atoms. The molecule has 0 saturated carbocycles. The molecule has 4 rings (SSSR count). The lowest BCUT2D eigenvalue weighted by Crippen LogP contribution is -2.45. The van der Waals surface area contributed by atoms with Crippen LogP contribution in [0.3, 0.4) is 0 Å². The number of nitro groups is 1. The minimum atomic E-state index is -3.82. The molecule has 3 heterocycles. The van der Waals surface area contributed by atoms with Gasteiger partial charge in [0.25, 0.3) is 5.69 Å². The van der Waals surface area contributed by atoms with Gasteiger partial charge in [-0.1, -0.05) is 6.92 Å². The number of likely N-dealkylation sites (tertiary alicyclic amines) is 1. The van der Waals surface area contributed by atoms with Gasteiger partial charge in [0.2, 0.25) is 15.9 Å². The quantitative estimate of drug-likeness (QED) is 0.468. The third-order valence-electron chi connectivity index (χ3n) is 7.03. The van der Waals surface area contributed by atoms with Crippen molar-refractivity contribution in [3.8, 4) is 0 Å². The molecule has 3 saturated heterocycles. The smallest absolute Gasteiger partial charge is 0.293 e. The molecule has 0 bridgehead atoms. The van der Waals surface area contributed by atoms with Crippen molar-refractivity contribution in [3.63, 3.8) is 0 Å². The third-order valence-corrected chi connectivity index (χ3v) is 8.93. The van der Waals surface area contributed by atoms with Gasteiger partial charge in [0.15, 0.2) is 0 Å². The van der Waals surface area contributed by atoms with Crippen LogP contribution < -0.4 is 4.90 Å². The lowest BCUT2D eigenvalue weighted by molar-refractivity contribution is -0.384. The fraction of sp³-hybridized carbons (Fsp3) is 0.682. The van der Waals surface area contributed by atoms with Gasteiger partial charge in [-0.3, -0.25) is 14.9 Å². The molecule has 0 aliphatic carbocycles. The average Bonchev–Trinajstić information content (AvgIpc) is 2.84. The van der Waals surface area contributed by atoms with Gasteiger partial charge < -0.3 is 14.5 Å². The highest BCUT2D eigenvalue weighted by Crippen LogP contribution is 2.35. The maximum absolute atomic E-state index is 12.9. The summed E-state index contributed by atoms with van der Waals surface area (Å²) in [4.78, 5) is 28.0. The number of hydrogen-bond donors (Lipinski definition) is 0. The van der Waals surface area contributed by atoms with Crippen LogP contribution in [0.4, 0.5) is 11.4 Å². The van der Waals surface area contributed by atoms with Crippen molar-refractivity contribution in [2.24, 2.45) is 11.8 Å². The van der Waals surface area contributed by atoms with Gasteiger partial charge in [-0.15, -0.1) is 0 Å². The first-order valence-electron chi connectivity index (χ1n) is 11.7. The van der Waals surface area contributed by atoms with Gasteiger partial charge in [-0.2, -0.15) is 4.31 Å². The molecular weight excluding hydrogens is 448 g/mol. The van der Waals surface area contributed by atoms with Gasteiger partial charge in [0, 0.05) is 51.3 Å². The molecule has 182 valence electrons. The van der Waals surface area contributed by atoms with Crippen molar-refractivity contribution in [2.75, 3.05) is 57.4 Å². The first-order valence-corrected chi connectivity index (χ1v) is 13.1. The minimum absolute atomic E-state index is 0.0605. The predicted octanol–water partition coefficient (Wildman–Crippen LogP) is 2.09. The molecule has 3 aliphatic heterocycles. The summed E-state index contributed by atoms with van der Waals surface area (Å²) in [7, 11) is -3.82. The molecule has 1 aromatic rings. The molecule has 11 heteroatoms. The van der Waals surface area contributed by atoms with Gasteiger partial charge in [-0.25, -0.2) is 8.42 Å². The van der Waals surface area contributed by atoms with Crippen molar-refractivity contribution >= 4 is 27.3 Å². The van der Waals surface area contributed by atoms with E-state index in [2.05, 4.69) is 6.92 Å². The fourth-order valence-corrected chi connectivity index (χ4v) is 6.30. The third kappa shape index (κ3) is 5.15. The lowest BCUT2D eigenvalue weighted by Gasteiger charge is -2.37. The van der Waals surface area contributed by atoms with Crippen LogP contribution in [0.5, 0.6) is 0 Å². The van der Waals surface area contributed by atoms with E-state index in [1.54, 1.807) is 0 Å². The monoisotopic (exact) mass is 480 g/mol. The summed E-state index contributed by atoms with van der Waals surface area (Å²) < 4.78 is 32.4. The molecule has 33 heavy (non-hydrogen) atoms. The number of carbonyl (C=O) groups excluding carboxylic acids is 1. The molecule has 10 nitrogen and oxygen atoms in total.